The maximum atomic E-state index is 12.3. The number of rotatable bonds is 3. The number of hydrogen-bond donors (Lipinski definition) is 1. The molecule has 20 heavy (non-hydrogen) atoms. The zero-order valence-corrected chi connectivity index (χ0v) is 11.8. The van der Waals surface area contributed by atoms with Gasteiger partial charge in [0.05, 0.1) is 30.7 Å². The van der Waals surface area contributed by atoms with E-state index in [-0.39, 0.29) is 11.9 Å². The summed E-state index contributed by atoms with van der Waals surface area (Å²) in [4.78, 5) is 13.9. The molecule has 1 aliphatic heterocycles. The van der Waals surface area contributed by atoms with E-state index >= 15 is 0 Å². The Morgan fingerprint density at radius 1 is 1.50 bits per heavy atom. The number of nitrogens with zero attached hydrogens (tertiary/aromatic N) is 2. The summed E-state index contributed by atoms with van der Waals surface area (Å²) >= 11 is 0. The van der Waals surface area contributed by atoms with Gasteiger partial charge in [-0.3, -0.25) is 4.79 Å². The predicted octanol–water partition coefficient (Wildman–Crippen LogP) is 1.69. The van der Waals surface area contributed by atoms with E-state index in [1.54, 1.807) is 30.0 Å². The average molecular weight is 274 g/mol. The Morgan fingerprint density at radius 3 is 2.75 bits per heavy atom. The summed E-state index contributed by atoms with van der Waals surface area (Å²) in [5.41, 5.74) is 1.07. The number of benzene rings is 1. The summed E-state index contributed by atoms with van der Waals surface area (Å²) in [5, 5.41) is 19.1. The Hall–Kier alpha value is -2.06. The number of ether oxygens (including phenoxy) is 1. The maximum Gasteiger partial charge on any atom is 0.232 e. The van der Waals surface area contributed by atoms with Gasteiger partial charge in [0.1, 0.15) is 11.8 Å². The van der Waals surface area contributed by atoms with E-state index in [9.17, 15) is 9.90 Å². The topological polar surface area (TPSA) is 73.6 Å². The molecule has 1 unspecified atom stereocenters. The Labute approximate surface area is 118 Å². The van der Waals surface area contributed by atoms with Gasteiger partial charge in [-0.2, -0.15) is 5.26 Å². The summed E-state index contributed by atoms with van der Waals surface area (Å²) in [6.07, 6.45) is -0.00586. The van der Waals surface area contributed by atoms with Crippen molar-refractivity contribution in [2.24, 2.45) is 5.92 Å². The van der Waals surface area contributed by atoms with Gasteiger partial charge in [-0.1, -0.05) is 13.8 Å². The second-order valence-electron chi connectivity index (χ2n) is 4.96. The van der Waals surface area contributed by atoms with Gasteiger partial charge in [0.25, 0.3) is 0 Å². The van der Waals surface area contributed by atoms with E-state index in [0.717, 1.165) is 0 Å². The molecule has 1 N–H and O–H groups in total. The highest BCUT2D eigenvalue weighted by molar-refractivity contribution is 5.98. The van der Waals surface area contributed by atoms with Gasteiger partial charge in [0.15, 0.2) is 0 Å². The Balaban J connectivity index is 2.45. The van der Waals surface area contributed by atoms with E-state index in [4.69, 9.17) is 10.00 Å². The third kappa shape index (κ3) is 2.12. The molecule has 2 rings (SSSR count). The van der Waals surface area contributed by atoms with Gasteiger partial charge in [-0.25, -0.2) is 0 Å². The molecule has 1 amide bonds. The van der Waals surface area contributed by atoms with Crippen molar-refractivity contribution in [2.75, 3.05) is 12.0 Å². The van der Waals surface area contributed by atoms with Crippen molar-refractivity contribution < 1.29 is 14.6 Å². The highest BCUT2D eigenvalue weighted by Crippen LogP contribution is 2.34. The molecule has 106 valence electrons. The van der Waals surface area contributed by atoms with E-state index in [1.807, 2.05) is 13.0 Å². The number of anilines is 1. The second kappa shape index (κ2) is 5.51. The van der Waals surface area contributed by atoms with Crippen LogP contribution in [0.2, 0.25) is 0 Å². The minimum atomic E-state index is -0.672. The molecule has 0 aromatic heterocycles. The van der Waals surface area contributed by atoms with Crippen LogP contribution in [0.15, 0.2) is 18.2 Å². The molecular weight excluding hydrogens is 256 g/mol. The molecule has 1 aromatic rings. The van der Waals surface area contributed by atoms with E-state index in [2.05, 4.69) is 0 Å². The number of aliphatic hydroxyl groups is 1. The molecule has 0 radical (unpaired) electrons. The fourth-order valence-electron chi connectivity index (χ4n) is 2.68. The van der Waals surface area contributed by atoms with Gasteiger partial charge in [-0.05, 0) is 18.6 Å². The standard InChI is InChI=1S/C15H18N2O3/c1-4-12-14(18)9(2)15(19)17(12)11-6-5-10(8-16)13(7-11)20-3/h5-7,9,12,14,18H,4H2,1-3H3/t9?,12-,14-/m0/s1. The lowest BCUT2D eigenvalue weighted by Gasteiger charge is -2.25. The maximum absolute atomic E-state index is 12.3. The lowest BCUT2D eigenvalue weighted by molar-refractivity contribution is -0.121. The summed E-state index contributed by atoms with van der Waals surface area (Å²) in [6, 6.07) is 6.81. The monoisotopic (exact) mass is 274 g/mol. The molecule has 5 heteroatoms. The fourth-order valence-corrected chi connectivity index (χ4v) is 2.68. The summed E-state index contributed by atoms with van der Waals surface area (Å²) in [7, 11) is 1.49. The van der Waals surface area contributed by atoms with Crippen LogP contribution in [0.5, 0.6) is 5.75 Å². The van der Waals surface area contributed by atoms with Gasteiger partial charge < -0.3 is 14.7 Å². The Morgan fingerprint density at radius 2 is 2.20 bits per heavy atom. The zero-order valence-electron chi connectivity index (χ0n) is 11.8. The van der Waals surface area contributed by atoms with Crippen LogP contribution in [-0.4, -0.2) is 30.3 Å². The van der Waals surface area contributed by atoms with Gasteiger partial charge in [0.2, 0.25) is 5.91 Å². The number of carbonyl (C=O) groups is 1. The van der Waals surface area contributed by atoms with Gasteiger partial charge in [-0.15, -0.1) is 0 Å². The number of methoxy groups -OCH3 is 1. The molecule has 1 fully saturated rings. The normalized spacial score (nSPS) is 25.6. The molecule has 1 aromatic carbocycles. The molecule has 3 atom stereocenters. The molecule has 0 bridgehead atoms. The third-order valence-electron chi connectivity index (χ3n) is 3.87. The van der Waals surface area contributed by atoms with Crippen molar-refractivity contribution >= 4 is 11.6 Å². The number of amides is 1. The zero-order chi connectivity index (χ0) is 14.9. The van der Waals surface area contributed by atoms with Crippen LogP contribution in [0, 0.1) is 17.2 Å². The number of carbonyl (C=O) groups excluding carboxylic acids is 1. The molecule has 5 nitrogen and oxygen atoms in total. The van der Waals surface area contributed by atoms with E-state index < -0.39 is 12.0 Å². The first kappa shape index (κ1) is 14.4. The van der Waals surface area contributed by atoms with Crippen molar-refractivity contribution in [3.05, 3.63) is 23.8 Å². The SMILES string of the molecule is CC[C@H]1[C@@H](O)C(C)C(=O)N1c1ccc(C#N)c(OC)c1. The number of aliphatic hydroxyl groups excluding tert-OH is 1. The average Bonchev–Trinajstić information content (AvgIpc) is 2.70. The van der Waals surface area contributed by atoms with Gasteiger partial charge >= 0.3 is 0 Å². The first-order valence-corrected chi connectivity index (χ1v) is 6.64. The smallest absolute Gasteiger partial charge is 0.232 e. The minimum absolute atomic E-state index is 0.101. The van der Waals surface area contributed by atoms with Crippen LogP contribution >= 0.6 is 0 Å². The first-order valence-electron chi connectivity index (χ1n) is 6.64. The van der Waals surface area contributed by atoms with Crippen LogP contribution < -0.4 is 9.64 Å². The van der Waals surface area contributed by atoms with Crippen molar-refractivity contribution in [3.8, 4) is 11.8 Å². The summed E-state index contributed by atoms with van der Waals surface area (Å²) in [6.45, 7) is 3.67. The molecule has 1 heterocycles. The van der Waals surface area contributed by atoms with Crippen LogP contribution in [0.25, 0.3) is 0 Å². The summed E-state index contributed by atoms with van der Waals surface area (Å²) in [5.74, 6) is -0.0839. The minimum Gasteiger partial charge on any atom is -0.495 e. The molecular formula is C15H18N2O3. The Kier molecular flexibility index (Phi) is 3.96. The van der Waals surface area contributed by atoms with Crippen molar-refractivity contribution in [1.29, 1.82) is 5.26 Å². The third-order valence-corrected chi connectivity index (χ3v) is 3.87. The van der Waals surface area contributed by atoms with Crippen LogP contribution in [0.1, 0.15) is 25.8 Å². The predicted molar refractivity (Wildman–Crippen MR) is 74.4 cm³/mol. The second-order valence-corrected chi connectivity index (χ2v) is 4.96. The first-order chi connectivity index (χ1) is 9.54. The number of nitriles is 1. The van der Waals surface area contributed by atoms with Crippen molar-refractivity contribution in [3.63, 3.8) is 0 Å². The summed E-state index contributed by atoms with van der Waals surface area (Å²) < 4.78 is 5.17. The highest BCUT2D eigenvalue weighted by Gasteiger charge is 2.44. The highest BCUT2D eigenvalue weighted by atomic mass is 16.5. The largest absolute Gasteiger partial charge is 0.495 e. The van der Waals surface area contributed by atoms with Crippen LogP contribution in [-0.2, 0) is 4.79 Å². The van der Waals surface area contributed by atoms with E-state index in [0.29, 0.717) is 23.4 Å². The van der Waals surface area contributed by atoms with Gasteiger partial charge in [0, 0.05) is 11.8 Å². The lowest BCUT2D eigenvalue weighted by Crippen LogP contribution is -2.36. The Bertz CT molecular complexity index is 565. The quantitative estimate of drug-likeness (QED) is 0.910. The fraction of sp³-hybridized carbons (Fsp3) is 0.467. The molecule has 0 aliphatic carbocycles. The molecule has 0 saturated carbocycles. The molecule has 1 saturated heterocycles. The van der Waals surface area contributed by atoms with E-state index in [1.165, 1.54) is 7.11 Å². The van der Waals surface area contributed by atoms with Crippen LogP contribution in [0.4, 0.5) is 5.69 Å². The van der Waals surface area contributed by atoms with Crippen molar-refractivity contribution in [2.45, 2.75) is 32.4 Å². The van der Waals surface area contributed by atoms with Crippen LogP contribution in [0.3, 0.4) is 0 Å². The molecule has 0 spiro atoms. The number of hydrogen-bond acceptors (Lipinski definition) is 4. The molecule has 1 aliphatic rings. The van der Waals surface area contributed by atoms with Crippen molar-refractivity contribution in [1.82, 2.24) is 0 Å². The lowest BCUT2D eigenvalue weighted by atomic mass is 10.0.